The molecule has 0 bridgehead atoms. The number of ether oxygens (including phenoxy) is 1. The predicted octanol–water partition coefficient (Wildman–Crippen LogP) is 3.39. The molecule has 2 N–H and O–H groups in total. The lowest BCUT2D eigenvalue weighted by atomic mass is 10.1. The Morgan fingerprint density at radius 1 is 1.24 bits per heavy atom. The molecule has 4 rings (SSSR count). The first-order chi connectivity index (χ1) is 12.3. The highest BCUT2D eigenvalue weighted by molar-refractivity contribution is 5.95. The molecule has 1 aliphatic heterocycles. The lowest BCUT2D eigenvalue weighted by molar-refractivity contribution is 0.0707. The summed E-state index contributed by atoms with van der Waals surface area (Å²) in [5.41, 5.74) is 10.5. The number of nitrogens with zero attached hydrogens (tertiary/aromatic N) is 3. The fourth-order valence-corrected chi connectivity index (χ4v) is 3.54. The molecule has 126 valence electrons. The van der Waals surface area contributed by atoms with Crippen LogP contribution in [0.4, 0.5) is 0 Å². The average Bonchev–Trinajstić information content (AvgIpc) is 3.07. The molecule has 5 heteroatoms. The second-order valence-corrected chi connectivity index (χ2v) is 6.37. The second kappa shape index (κ2) is 6.67. The van der Waals surface area contributed by atoms with Crippen LogP contribution in [0.1, 0.15) is 30.1 Å². The summed E-state index contributed by atoms with van der Waals surface area (Å²) in [6.07, 6.45) is 4.17. The molecule has 3 heterocycles. The van der Waals surface area contributed by atoms with Gasteiger partial charge in [-0.15, -0.1) is 0 Å². The number of hydrogen-bond acceptors (Lipinski definition) is 4. The van der Waals surface area contributed by atoms with E-state index in [1.807, 2.05) is 12.1 Å². The minimum atomic E-state index is 0.414. The average molecular weight is 332 g/mol. The van der Waals surface area contributed by atoms with Gasteiger partial charge >= 0.3 is 0 Å². The number of pyridine rings is 1. The molecule has 25 heavy (non-hydrogen) atoms. The quantitative estimate of drug-likeness (QED) is 0.797. The maximum atomic E-state index is 9.15. The summed E-state index contributed by atoms with van der Waals surface area (Å²) in [5.74, 6) is 0. The van der Waals surface area contributed by atoms with Gasteiger partial charge < -0.3 is 15.0 Å². The van der Waals surface area contributed by atoms with Crippen molar-refractivity contribution in [2.24, 2.45) is 5.73 Å². The van der Waals surface area contributed by atoms with Crippen molar-refractivity contribution >= 4 is 10.9 Å². The second-order valence-electron chi connectivity index (χ2n) is 6.37. The number of hydrogen-bond donors (Lipinski definition) is 1. The number of benzene rings is 1. The summed E-state index contributed by atoms with van der Waals surface area (Å²) < 4.78 is 7.86. The molecule has 1 aliphatic rings. The van der Waals surface area contributed by atoms with Gasteiger partial charge in [0.25, 0.3) is 0 Å². The zero-order valence-electron chi connectivity index (χ0n) is 14.0. The monoisotopic (exact) mass is 332 g/mol. The van der Waals surface area contributed by atoms with Crippen LogP contribution in [0.2, 0.25) is 0 Å². The van der Waals surface area contributed by atoms with Crippen LogP contribution in [0.5, 0.6) is 0 Å². The molecular weight excluding hydrogens is 312 g/mol. The highest BCUT2D eigenvalue weighted by Crippen LogP contribution is 2.35. The minimum absolute atomic E-state index is 0.414. The first kappa shape index (κ1) is 15.8. The first-order valence-electron chi connectivity index (χ1n) is 8.59. The van der Waals surface area contributed by atoms with Crippen LogP contribution < -0.4 is 5.73 Å². The van der Waals surface area contributed by atoms with E-state index < -0.39 is 0 Å². The number of fused-ring (bicyclic) bond motifs is 1. The Labute approximate surface area is 146 Å². The van der Waals surface area contributed by atoms with Crippen LogP contribution >= 0.6 is 0 Å². The maximum absolute atomic E-state index is 9.15. The third-order valence-electron chi connectivity index (χ3n) is 4.86. The van der Waals surface area contributed by atoms with E-state index in [-0.39, 0.29) is 0 Å². The minimum Gasteiger partial charge on any atom is -0.381 e. The fraction of sp³-hybridized carbons (Fsp3) is 0.300. The molecule has 1 saturated heterocycles. The highest BCUT2D eigenvalue weighted by Gasteiger charge is 2.20. The molecule has 0 amide bonds. The van der Waals surface area contributed by atoms with Gasteiger partial charge in [-0.25, -0.2) is 4.98 Å². The lowest BCUT2D eigenvalue weighted by Crippen LogP contribution is -2.19. The van der Waals surface area contributed by atoms with E-state index in [1.54, 1.807) is 6.07 Å². The molecule has 0 saturated carbocycles. The Hall–Kier alpha value is -2.68. The largest absolute Gasteiger partial charge is 0.381 e. The maximum Gasteiger partial charge on any atom is 0.141 e. The normalized spacial score (nSPS) is 15.4. The number of rotatable bonds is 3. The molecule has 2 aromatic heterocycles. The van der Waals surface area contributed by atoms with E-state index in [0.717, 1.165) is 48.3 Å². The standard InChI is InChI=1S/C20H20N4O/c21-11-14-4-5-17-18(19-3-1-2-15(12-22)23-19)13-24(20(17)10-14)16-6-8-25-9-7-16/h1-5,10,13,16H,6-9,11,21H2. The predicted molar refractivity (Wildman–Crippen MR) is 96.9 cm³/mol. The lowest BCUT2D eigenvalue weighted by Gasteiger charge is -2.24. The third-order valence-corrected chi connectivity index (χ3v) is 4.86. The molecule has 0 atom stereocenters. The van der Waals surface area contributed by atoms with Crippen molar-refractivity contribution in [3.05, 3.63) is 53.9 Å². The molecular formula is C20H20N4O. The van der Waals surface area contributed by atoms with Crippen molar-refractivity contribution in [2.75, 3.05) is 13.2 Å². The van der Waals surface area contributed by atoms with Crippen LogP contribution in [-0.2, 0) is 11.3 Å². The van der Waals surface area contributed by atoms with E-state index in [4.69, 9.17) is 15.7 Å². The fourth-order valence-electron chi connectivity index (χ4n) is 3.54. The van der Waals surface area contributed by atoms with Gasteiger partial charge in [0.2, 0.25) is 0 Å². The summed E-state index contributed by atoms with van der Waals surface area (Å²) in [4.78, 5) is 4.49. The molecule has 0 spiro atoms. The van der Waals surface area contributed by atoms with Crippen LogP contribution in [0.15, 0.2) is 42.6 Å². The van der Waals surface area contributed by atoms with Gasteiger partial charge in [0.15, 0.2) is 0 Å². The summed E-state index contributed by atoms with van der Waals surface area (Å²) in [6, 6.07) is 14.5. The topological polar surface area (TPSA) is 76.9 Å². The first-order valence-corrected chi connectivity index (χ1v) is 8.59. The van der Waals surface area contributed by atoms with Gasteiger partial charge in [0.05, 0.1) is 5.69 Å². The van der Waals surface area contributed by atoms with Gasteiger partial charge in [-0.1, -0.05) is 18.2 Å². The van der Waals surface area contributed by atoms with Crippen molar-refractivity contribution in [1.29, 1.82) is 5.26 Å². The van der Waals surface area contributed by atoms with Crippen LogP contribution in [0, 0.1) is 11.3 Å². The molecule has 3 aromatic rings. The number of aromatic nitrogens is 2. The Balaban J connectivity index is 1.91. The molecule has 1 fully saturated rings. The summed E-state index contributed by atoms with van der Waals surface area (Å²) in [7, 11) is 0. The molecule has 0 aliphatic carbocycles. The Kier molecular flexibility index (Phi) is 4.22. The smallest absolute Gasteiger partial charge is 0.141 e. The zero-order valence-corrected chi connectivity index (χ0v) is 14.0. The van der Waals surface area contributed by atoms with Crippen molar-refractivity contribution in [3.8, 4) is 17.3 Å². The van der Waals surface area contributed by atoms with Crippen molar-refractivity contribution in [3.63, 3.8) is 0 Å². The van der Waals surface area contributed by atoms with Gasteiger partial charge in [-0.3, -0.25) is 0 Å². The molecule has 1 aromatic carbocycles. The number of nitrogens with two attached hydrogens (primary N) is 1. The van der Waals surface area contributed by atoms with Crippen LogP contribution in [0.3, 0.4) is 0 Å². The van der Waals surface area contributed by atoms with Crippen molar-refractivity contribution in [2.45, 2.75) is 25.4 Å². The van der Waals surface area contributed by atoms with E-state index in [2.05, 4.69) is 40.0 Å². The SMILES string of the molecule is N#Cc1cccc(-c2cn(C3CCOCC3)c3cc(CN)ccc23)n1. The Morgan fingerprint density at radius 3 is 2.84 bits per heavy atom. The van der Waals surface area contributed by atoms with Crippen LogP contribution in [-0.4, -0.2) is 22.8 Å². The summed E-state index contributed by atoms with van der Waals surface area (Å²) in [5, 5.41) is 10.3. The summed E-state index contributed by atoms with van der Waals surface area (Å²) in [6.45, 7) is 2.10. The van der Waals surface area contributed by atoms with E-state index in [9.17, 15) is 0 Å². The van der Waals surface area contributed by atoms with Crippen LogP contribution in [0.25, 0.3) is 22.2 Å². The molecule has 0 radical (unpaired) electrons. The van der Waals surface area contributed by atoms with Gasteiger partial charge in [0, 0.05) is 48.5 Å². The van der Waals surface area contributed by atoms with Gasteiger partial charge in [-0.05, 0) is 36.6 Å². The van der Waals surface area contributed by atoms with Crippen molar-refractivity contribution < 1.29 is 4.74 Å². The zero-order chi connectivity index (χ0) is 17.2. The van der Waals surface area contributed by atoms with E-state index in [0.29, 0.717) is 18.3 Å². The third kappa shape index (κ3) is 2.91. The van der Waals surface area contributed by atoms with E-state index >= 15 is 0 Å². The van der Waals surface area contributed by atoms with E-state index in [1.165, 1.54) is 5.52 Å². The molecule has 5 nitrogen and oxygen atoms in total. The Bertz CT molecular complexity index is 948. The number of nitriles is 1. The molecule has 0 unspecified atom stereocenters. The Morgan fingerprint density at radius 2 is 2.08 bits per heavy atom. The van der Waals surface area contributed by atoms with Gasteiger partial charge in [-0.2, -0.15) is 5.26 Å². The summed E-state index contributed by atoms with van der Waals surface area (Å²) >= 11 is 0. The van der Waals surface area contributed by atoms with Gasteiger partial charge in [0.1, 0.15) is 11.8 Å². The van der Waals surface area contributed by atoms with Crippen molar-refractivity contribution in [1.82, 2.24) is 9.55 Å². The highest BCUT2D eigenvalue weighted by atomic mass is 16.5.